The Bertz CT molecular complexity index is 1560. The lowest BCUT2D eigenvalue weighted by molar-refractivity contribution is -0.136. The first-order valence-corrected chi connectivity index (χ1v) is 13.3. The predicted molar refractivity (Wildman–Crippen MR) is 150 cm³/mol. The molecule has 0 radical (unpaired) electrons. The topological polar surface area (TPSA) is 107 Å². The number of likely N-dealkylation sites (N-methyl/N-ethyl adjacent to an activating group) is 1. The van der Waals surface area contributed by atoms with Crippen LogP contribution < -0.4 is 5.56 Å². The number of fused-ring (bicyclic) bond motifs is 1. The minimum atomic E-state index is -4.45. The highest BCUT2D eigenvalue weighted by Crippen LogP contribution is 2.24. The molecule has 14 heteroatoms. The number of ketones is 1. The average Bonchev–Trinajstić information content (AvgIpc) is 3.26. The highest BCUT2D eigenvalue weighted by Gasteiger charge is 2.28. The Kier molecular flexibility index (Phi) is 10.8. The third kappa shape index (κ3) is 9.25. The van der Waals surface area contributed by atoms with Gasteiger partial charge in [0.1, 0.15) is 11.6 Å². The highest BCUT2D eigenvalue weighted by molar-refractivity contribution is 5.88. The summed E-state index contributed by atoms with van der Waals surface area (Å²) in [5.41, 5.74) is -0.0957. The number of alkyl halides is 3. The summed E-state index contributed by atoms with van der Waals surface area (Å²) < 4.78 is 60.7. The quantitative estimate of drug-likeness (QED) is 0.228. The van der Waals surface area contributed by atoms with Gasteiger partial charge < -0.3 is 23.7 Å². The third-order valence-electron chi connectivity index (χ3n) is 6.45. The first kappa shape index (κ1) is 33.0. The van der Waals surface area contributed by atoms with Crippen LogP contribution >= 0.6 is 0 Å². The van der Waals surface area contributed by atoms with Gasteiger partial charge in [-0.05, 0) is 37.1 Å². The summed E-state index contributed by atoms with van der Waals surface area (Å²) in [6, 6.07) is 6.48. The molecule has 2 heterocycles. The molecule has 3 aromatic rings. The Morgan fingerprint density at radius 1 is 1.09 bits per heavy atom. The van der Waals surface area contributed by atoms with Crippen LogP contribution in [0.4, 0.5) is 22.4 Å². The first-order chi connectivity index (χ1) is 20.2. The molecule has 0 aliphatic heterocycles. The lowest BCUT2D eigenvalue weighted by Crippen LogP contribution is -2.35. The van der Waals surface area contributed by atoms with Gasteiger partial charge in [-0.3, -0.25) is 14.4 Å². The monoisotopic (exact) mass is 607 g/mol. The molecule has 3 rings (SSSR count). The third-order valence-corrected chi connectivity index (χ3v) is 6.45. The second kappa shape index (κ2) is 14.1. The lowest BCUT2D eigenvalue weighted by atomic mass is 10.0. The summed E-state index contributed by atoms with van der Waals surface area (Å²) in [4.78, 5) is 57.3. The number of hydrogen-bond donors (Lipinski definition) is 0. The van der Waals surface area contributed by atoms with Crippen molar-refractivity contribution < 1.29 is 36.7 Å². The van der Waals surface area contributed by atoms with Crippen molar-refractivity contribution in [2.24, 2.45) is 0 Å². The molecular weight excluding hydrogens is 574 g/mol. The fraction of sp³-hybridized carbons (Fsp3) is 0.414. The van der Waals surface area contributed by atoms with Gasteiger partial charge in [-0.2, -0.15) is 13.2 Å². The van der Waals surface area contributed by atoms with E-state index in [9.17, 15) is 36.7 Å². The summed E-state index contributed by atoms with van der Waals surface area (Å²) in [5, 5.41) is 0. The maximum atomic E-state index is 13.8. The van der Waals surface area contributed by atoms with E-state index in [0.29, 0.717) is 0 Å². The van der Waals surface area contributed by atoms with E-state index in [2.05, 4.69) is 4.98 Å². The largest absolute Gasteiger partial charge is 0.438 e. The maximum absolute atomic E-state index is 13.8. The Labute approximate surface area is 245 Å². The molecule has 0 unspecified atom stereocenters. The molecule has 0 fully saturated rings. The van der Waals surface area contributed by atoms with E-state index >= 15 is 0 Å². The molecule has 2 amide bonds. The van der Waals surface area contributed by atoms with Crippen LogP contribution in [-0.4, -0.2) is 82.2 Å². The van der Waals surface area contributed by atoms with Crippen molar-refractivity contribution >= 4 is 28.8 Å². The number of rotatable bonds is 12. The van der Waals surface area contributed by atoms with E-state index in [-0.39, 0.29) is 54.1 Å². The number of aromatic nitrogens is 3. The van der Waals surface area contributed by atoms with E-state index in [4.69, 9.17) is 4.74 Å². The molecule has 0 saturated heterocycles. The summed E-state index contributed by atoms with van der Waals surface area (Å²) in [6.45, 7) is -0.722. The normalized spacial score (nSPS) is 12.5. The van der Waals surface area contributed by atoms with Crippen LogP contribution in [0.25, 0.3) is 11.0 Å². The van der Waals surface area contributed by atoms with Gasteiger partial charge in [0.05, 0.1) is 24.0 Å². The number of Topliss-reactive ketones (excluding diaryl/α,β-unsaturated/α-hetero) is 1. The molecule has 10 nitrogen and oxygen atoms in total. The number of halogens is 4. The smallest absolute Gasteiger partial charge is 0.409 e. The van der Waals surface area contributed by atoms with Crippen molar-refractivity contribution in [1.29, 1.82) is 0 Å². The number of imidazole rings is 1. The van der Waals surface area contributed by atoms with Gasteiger partial charge in [0.15, 0.2) is 11.9 Å². The number of benzene rings is 1. The van der Waals surface area contributed by atoms with Crippen LogP contribution in [0, 0.1) is 5.82 Å². The second-order valence-electron chi connectivity index (χ2n) is 10.3. The lowest BCUT2D eigenvalue weighted by Gasteiger charge is -2.19. The molecule has 0 aliphatic carbocycles. The van der Waals surface area contributed by atoms with Crippen molar-refractivity contribution in [2.75, 3.05) is 28.2 Å². The van der Waals surface area contributed by atoms with Gasteiger partial charge in [0, 0.05) is 59.0 Å². The summed E-state index contributed by atoms with van der Waals surface area (Å²) in [5.74, 6) is -1.31. The number of carbonyl (C=O) groups excluding carboxylic acids is 3. The van der Waals surface area contributed by atoms with E-state index in [1.807, 2.05) is 0 Å². The number of aryl methyl sites for hydroxylation is 1. The van der Waals surface area contributed by atoms with E-state index in [1.54, 1.807) is 20.2 Å². The molecule has 0 N–H and O–H groups in total. The molecule has 232 valence electrons. The Balaban J connectivity index is 1.85. The van der Waals surface area contributed by atoms with Gasteiger partial charge >= 0.3 is 12.3 Å². The van der Waals surface area contributed by atoms with Crippen LogP contribution in [0.1, 0.15) is 30.7 Å². The maximum Gasteiger partial charge on any atom is 0.409 e. The van der Waals surface area contributed by atoms with Crippen molar-refractivity contribution in [3.63, 3.8) is 0 Å². The van der Waals surface area contributed by atoms with Gasteiger partial charge in [-0.1, -0.05) is 12.1 Å². The van der Waals surface area contributed by atoms with Gasteiger partial charge in [0.2, 0.25) is 5.91 Å². The highest BCUT2D eigenvalue weighted by atomic mass is 19.4. The predicted octanol–water partition coefficient (Wildman–Crippen LogP) is 3.94. The molecule has 1 atom stereocenters. The van der Waals surface area contributed by atoms with Crippen LogP contribution in [0.15, 0.2) is 53.5 Å². The van der Waals surface area contributed by atoms with Gasteiger partial charge in [-0.25, -0.2) is 14.2 Å². The number of nitrogens with zero attached hydrogens (tertiary/aromatic N) is 5. The summed E-state index contributed by atoms with van der Waals surface area (Å²) in [6.07, 6.45) is -3.36. The second-order valence-corrected chi connectivity index (χ2v) is 10.3. The number of ether oxygens (including phenoxy) is 1. The SMILES string of the molecule is CN(C)C(=O)/C=C/CC[C@H](OC(=O)N(C)C)C(=O)Cc1cccn(Cc2nc3cc(F)ccc3n2CCC(F)(F)F)c1=O. The molecule has 1 aromatic carbocycles. The number of carbonyl (C=O) groups is 3. The van der Waals surface area contributed by atoms with Crippen LogP contribution in [0.3, 0.4) is 0 Å². The van der Waals surface area contributed by atoms with Gasteiger partial charge in [-0.15, -0.1) is 0 Å². The Morgan fingerprint density at radius 3 is 2.47 bits per heavy atom. The number of amides is 2. The number of pyridine rings is 1. The van der Waals surface area contributed by atoms with Crippen LogP contribution in [-0.2, 0) is 33.8 Å². The first-order valence-electron chi connectivity index (χ1n) is 13.3. The van der Waals surface area contributed by atoms with Crippen molar-refractivity contribution in [1.82, 2.24) is 23.9 Å². The fourth-order valence-corrected chi connectivity index (χ4v) is 4.15. The van der Waals surface area contributed by atoms with E-state index in [1.165, 1.54) is 58.6 Å². The number of allylic oxidation sites excluding steroid dienone is 1. The minimum absolute atomic E-state index is 0.0659. The fourth-order valence-electron chi connectivity index (χ4n) is 4.15. The van der Waals surface area contributed by atoms with E-state index in [0.717, 1.165) is 17.0 Å². The molecule has 0 spiro atoms. The van der Waals surface area contributed by atoms with Crippen LogP contribution in [0.2, 0.25) is 0 Å². The van der Waals surface area contributed by atoms with Crippen molar-refractivity contribution in [3.8, 4) is 0 Å². The molecule has 0 aliphatic rings. The average molecular weight is 608 g/mol. The molecule has 0 saturated carbocycles. The van der Waals surface area contributed by atoms with Crippen molar-refractivity contribution in [3.05, 3.63) is 76.2 Å². The molecular formula is C29H33F4N5O5. The summed E-state index contributed by atoms with van der Waals surface area (Å²) >= 11 is 0. The van der Waals surface area contributed by atoms with Gasteiger partial charge in [0.25, 0.3) is 5.56 Å². The van der Waals surface area contributed by atoms with E-state index < -0.39 is 48.5 Å². The van der Waals surface area contributed by atoms with Crippen molar-refractivity contribution in [2.45, 2.75) is 51.1 Å². The zero-order valence-electron chi connectivity index (χ0n) is 24.2. The molecule has 0 bridgehead atoms. The summed E-state index contributed by atoms with van der Waals surface area (Å²) in [7, 11) is 6.07. The van der Waals surface area contributed by atoms with Crippen LogP contribution in [0.5, 0.6) is 0 Å². The Hall–Kier alpha value is -4.49. The minimum Gasteiger partial charge on any atom is -0.438 e. The Morgan fingerprint density at radius 2 is 1.81 bits per heavy atom. The standard InChI is InChI=1S/C29H33F4N5O5/c1-35(2)26(40)10-6-5-9-24(43-28(42)36(3)4)23(39)16-19-8-7-14-37(27(19)41)18-25-34-21-17-20(30)11-12-22(21)38(25)15-13-29(31,32)33/h6-8,10-12,14,17,24H,5,9,13,15-16,18H2,1-4H3/b10-6+/t24-/m0/s1. The molecule has 43 heavy (non-hydrogen) atoms. The molecule has 2 aromatic heterocycles. The number of hydrogen-bond acceptors (Lipinski definition) is 6. The zero-order valence-corrected chi connectivity index (χ0v) is 24.2. The zero-order chi connectivity index (χ0) is 31.9.